The number of amides is 1. The van der Waals surface area contributed by atoms with Crippen LogP contribution in [0.5, 0.6) is 0 Å². The Morgan fingerprint density at radius 2 is 2.09 bits per heavy atom. The van der Waals surface area contributed by atoms with E-state index in [4.69, 9.17) is 8.83 Å². The fourth-order valence-electron chi connectivity index (χ4n) is 3.26. The number of nitrogens with one attached hydrogen (secondary N) is 1. The van der Waals surface area contributed by atoms with Crippen molar-refractivity contribution in [2.45, 2.75) is 39.2 Å². The third kappa shape index (κ3) is 3.67. The van der Waals surface area contributed by atoms with E-state index in [1.807, 2.05) is 26.0 Å². The zero-order chi connectivity index (χ0) is 16.2. The molecule has 0 radical (unpaired) electrons. The lowest BCUT2D eigenvalue weighted by atomic mass is 10.1. The number of nitrogens with zero attached hydrogens (tertiary/aromatic N) is 1. The van der Waals surface area contributed by atoms with Crippen LogP contribution in [0, 0.1) is 13.8 Å². The van der Waals surface area contributed by atoms with Crippen molar-refractivity contribution in [1.82, 2.24) is 10.2 Å². The normalized spacial score (nSPS) is 17.1. The Balaban J connectivity index is 1.69. The molecule has 2 aromatic heterocycles. The molecule has 5 nitrogen and oxygen atoms in total. The molecule has 0 aromatic carbocycles. The van der Waals surface area contributed by atoms with Crippen molar-refractivity contribution < 1.29 is 13.6 Å². The topological polar surface area (TPSA) is 58.6 Å². The van der Waals surface area contributed by atoms with Gasteiger partial charge < -0.3 is 14.2 Å². The van der Waals surface area contributed by atoms with E-state index < -0.39 is 0 Å². The lowest BCUT2D eigenvalue weighted by molar-refractivity contribution is 0.0912. The third-order valence-electron chi connectivity index (χ3n) is 4.44. The molecule has 23 heavy (non-hydrogen) atoms. The Hall–Kier alpha value is -2.01. The third-order valence-corrected chi connectivity index (χ3v) is 4.44. The van der Waals surface area contributed by atoms with Gasteiger partial charge in [-0.05, 0) is 58.0 Å². The van der Waals surface area contributed by atoms with Crippen LogP contribution in [0.25, 0.3) is 0 Å². The van der Waals surface area contributed by atoms with Gasteiger partial charge >= 0.3 is 0 Å². The number of aryl methyl sites for hydroxylation is 2. The first-order valence-corrected chi connectivity index (χ1v) is 8.28. The van der Waals surface area contributed by atoms with Gasteiger partial charge in [0.2, 0.25) is 0 Å². The minimum absolute atomic E-state index is 0.0857. The van der Waals surface area contributed by atoms with Crippen LogP contribution in [0.1, 0.15) is 52.9 Å². The minimum Gasteiger partial charge on any atom is -0.468 e. The summed E-state index contributed by atoms with van der Waals surface area (Å²) in [4.78, 5) is 14.8. The molecule has 0 aliphatic carbocycles. The van der Waals surface area contributed by atoms with E-state index in [9.17, 15) is 4.79 Å². The van der Waals surface area contributed by atoms with Crippen LogP contribution in [0.3, 0.4) is 0 Å². The van der Waals surface area contributed by atoms with Crippen LogP contribution < -0.4 is 5.32 Å². The summed E-state index contributed by atoms with van der Waals surface area (Å²) < 4.78 is 11.0. The summed E-state index contributed by atoms with van der Waals surface area (Å²) in [5, 5.41) is 3.04. The molecule has 1 aliphatic rings. The molecule has 1 unspecified atom stereocenters. The highest BCUT2D eigenvalue weighted by atomic mass is 16.3. The summed E-state index contributed by atoms with van der Waals surface area (Å²) in [5.41, 5.74) is 0.610. The molecule has 1 N–H and O–H groups in total. The van der Waals surface area contributed by atoms with Gasteiger partial charge in [0, 0.05) is 6.54 Å². The number of hydrogen-bond acceptors (Lipinski definition) is 4. The Bertz CT molecular complexity index is 639. The summed E-state index contributed by atoms with van der Waals surface area (Å²) >= 11 is 0. The summed E-state index contributed by atoms with van der Waals surface area (Å²) in [6.07, 6.45) is 5.37. The molecule has 0 bridgehead atoms. The summed E-state index contributed by atoms with van der Waals surface area (Å²) in [6.45, 7) is 6.30. The number of piperidine rings is 1. The first kappa shape index (κ1) is 15.9. The first-order valence-electron chi connectivity index (χ1n) is 8.28. The van der Waals surface area contributed by atoms with Crippen molar-refractivity contribution in [3.8, 4) is 0 Å². The first-order chi connectivity index (χ1) is 11.1. The van der Waals surface area contributed by atoms with Gasteiger partial charge in [0.25, 0.3) is 5.91 Å². The molecule has 1 atom stereocenters. The van der Waals surface area contributed by atoms with Crippen LogP contribution in [-0.2, 0) is 0 Å². The highest BCUT2D eigenvalue weighted by Crippen LogP contribution is 2.24. The average molecular weight is 316 g/mol. The predicted molar refractivity (Wildman–Crippen MR) is 87.4 cm³/mol. The Kier molecular flexibility index (Phi) is 4.86. The largest absolute Gasteiger partial charge is 0.468 e. The smallest absolute Gasteiger partial charge is 0.254 e. The Labute approximate surface area is 136 Å². The van der Waals surface area contributed by atoms with E-state index in [-0.39, 0.29) is 11.9 Å². The second-order valence-electron chi connectivity index (χ2n) is 6.16. The van der Waals surface area contributed by atoms with Crippen molar-refractivity contribution >= 4 is 5.91 Å². The quantitative estimate of drug-likeness (QED) is 0.918. The molecule has 3 rings (SSSR count). The van der Waals surface area contributed by atoms with E-state index in [1.165, 1.54) is 19.3 Å². The Morgan fingerprint density at radius 1 is 1.30 bits per heavy atom. The van der Waals surface area contributed by atoms with Gasteiger partial charge in [-0.25, -0.2) is 0 Å². The predicted octanol–water partition coefficient (Wildman–Crippen LogP) is 3.45. The second kappa shape index (κ2) is 7.04. The Morgan fingerprint density at radius 3 is 2.70 bits per heavy atom. The SMILES string of the molecule is Cc1cc(C(=O)NCC(c2ccco2)N2CCCCC2)c(C)o1. The highest BCUT2D eigenvalue weighted by Gasteiger charge is 2.25. The number of rotatable bonds is 5. The number of carbonyl (C=O) groups excluding carboxylic acids is 1. The maximum absolute atomic E-state index is 12.4. The number of likely N-dealkylation sites (tertiary alicyclic amines) is 1. The van der Waals surface area contributed by atoms with Crippen molar-refractivity contribution in [3.63, 3.8) is 0 Å². The van der Waals surface area contributed by atoms with E-state index in [2.05, 4.69) is 10.2 Å². The fraction of sp³-hybridized carbons (Fsp3) is 0.500. The highest BCUT2D eigenvalue weighted by molar-refractivity contribution is 5.95. The lowest BCUT2D eigenvalue weighted by Gasteiger charge is -2.33. The van der Waals surface area contributed by atoms with E-state index in [1.54, 1.807) is 12.3 Å². The molecule has 2 aromatic rings. The average Bonchev–Trinajstić information content (AvgIpc) is 3.18. The van der Waals surface area contributed by atoms with Gasteiger partial charge in [-0.3, -0.25) is 9.69 Å². The van der Waals surface area contributed by atoms with Crippen LogP contribution in [-0.4, -0.2) is 30.4 Å². The van der Waals surface area contributed by atoms with E-state index in [0.29, 0.717) is 17.9 Å². The molecule has 5 heteroatoms. The maximum atomic E-state index is 12.4. The van der Waals surface area contributed by atoms with Gasteiger partial charge in [-0.1, -0.05) is 6.42 Å². The van der Waals surface area contributed by atoms with Crippen molar-refractivity contribution in [1.29, 1.82) is 0 Å². The monoisotopic (exact) mass is 316 g/mol. The maximum Gasteiger partial charge on any atom is 0.254 e. The number of carbonyl (C=O) groups is 1. The molecular formula is C18H24N2O3. The summed E-state index contributed by atoms with van der Waals surface area (Å²) in [7, 11) is 0. The van der Waals surface area contributed by atoms with Crippen molar-refractivity contribution in [3.05, 3.63) is 47.3 Å². The van der Waals surface area contributed by atoms with Crippen LogP contribution in [0.4, 0.5) is 0 Å². The molecular weight excluding hydrogens is 292 g/mol. The van der Waals surface area contributed by atoms with Gasteiger partial charge in [0.05, 0.1) is 17.9 Å². The van der Waals surface area contributed by atoms with Crippen LogP contribution in [0.2, 0.25) is 0 Å². The van der Waals surface area contributed by atoms with E-state index >= 15 is 0 Å². The molecule has 0 saturated carbocycles. The second-order valence-corrected chi connectivity index (χ2v) is 6.16. The minimum atomic E-state index is -0.0899. The molecule has 0 spiro atoms. The van der Waals surface area contributed by atoms with Crippen LogP contribution in [0.15, 0.2) is 33.3 Å². The molecule has 1 fully saturated rings. The van der Waals surface area contributed by atoms with Crippen molar-refractivity contribution in [2.75, 3.05) is 19.6 Å². The standard InChI is InChI=1S/C18H24N2O3/c1-13-11-15(14(2)23-13)18(21)19-12-16(17-7-6-10-22-17)20-8-4-3-5-9-20/h6-7,10-11,16H,3-5,8-9,12H2,1-2H3,(H,19,21). The van der Waals surface area contributed by atoms with Gasteiger partial charge in [-0.15, -0.1) is 0 Å². The summed E-state index contributed by atoms with van der Waals surface area (Å²) in [6, 6.07) is 5.76. The summed E-state index contributed by atoms with van der Waals surface area (Å²) in [5.74, 6) is 2.24. The molecule has 1 aliphatic heterocycles. The lowest BCUT2D eigenvalue weighted by Crippen LogP contribution is -2.40. The molecule has 124 valence electrons. The number of hydrogen-bond donors (Lipinski definition) is 1. The van der Waals surface area contributed by atoms with E-state index in [0.717, 1.165) is 24.6 Å². The molecule has 3 heterocycles. The number of furan rings is 2. The van der Waals surface area contributed by atoms with Gasteiger partial charge in [0.1, 0.15) is 17.3 Å². The molecule has 1 amide bonds. The zero-order valence-electron chi connectivity index (χ0n) is 13.8. The fourth-order valence-corrected chi connectivity index (χ4v) is 3.26. The van der Waals surface area contributed by atoms with Gasteiger partial charge in [0.15, 0.2) is 0 Å². The van der Waals surface area contributed by atoms with Gasteiger partial charge in [-0.2, -0.15) is 0 Å². The van der Waals surface area contributed by atoms with Crippen molar-refractivity contribution in [2.24, 2.45) is 0 Å². The zero-order valence-corrected chi connectivity index (χ0v) is 13.8. The van der Waals surface area contributed by atoms with Crippen LogP contribution >= 0.6 is 0 Å². The molecule has 1 saturated heterocycles.